The van der Waals surface area contributed by atoms with Gasteiger partial charge in [0, 0.05) is 0 Å². The van der Waals surface area contributed by atoms with E-state index in [-0.39, 0.29) is 16.5 Å². The van der Waals surface area contributed by atoms with E-state index in [9.17, 15) is 18.4 Å². The van der Waals surface area contributed by atoms with E-state index < -0.39 is 29.0 Å². The Labute approximate surface area is 115 Å². The van der Waals surface area contributed by atoms with E-state index >= 15 is 0 Å². The summed E-state index contributed by atoms with van der Waals surface area (Å²) in [5, 5.41) is 14.1. The van der Waals surface area contributed by atoms with Gasteiger partial charge in [-0.05, 0) is 18.6 Å². The molecular weight excluding hydrogens is 292 g/mol. The normalized spacial score (nSPS) is 10.8. The molecule has 0 radical (unpaired) electrons. The van der Waals surface area contributed by atoms with Gasteiger partial charge in [0.1, 0.15) is 11.5 Å². The van der Waals surface area contributed by atoms with Crippen LogP contribution in [-0.2, 0) is 4.79 Å². The van der Waals surface area contributed by atoms with Crippen LogP contribution < -0.4 is 5.69 Å². The zero-order valence-corrected chi connectivity index (χ0v) is 11.0. The number of aromatic amines is 1. The van der Waals surface area contributed by atoms with Crippen LogP contribution in [0.25, 0.3) is 5.69 Å². The van der Waals surface area contributed by atoms with Crippen molar-refractivity contribution in [2.24, 2.45) is 0 Å². The van der Waals surface area contributed by atoms with Crippen LogP contribution in [-0.4, -0.2) is 31.6 Å². The number of carboxylic acids is 1. The van der Waals surface area contributed by atoms with E-state index in [2.05, 4.69) is 5.10 Å². The number of aromatic nitrogens is 3. The lowest BCUT2D eigenvalue weighted by Crippen LogP contribution is -2.19. The van der Waals surface area contributed by atoms with Crippen LogP contribution in [0.4, 0.5) is 8.78 Å². The number of aliphatic carboxylic acids is 1. The van der Waals surface area contributed by atoms with Gasteiger partial charge in [-0.3, -0.25) is 4.79 Å². The highest BCUT2D eigenvalue weighted by molar-refractivity contribution is 7.99. The van der Waals surface area contributed by atoms with Crippen LogP contribution in [0, 0.1) is 18.6 Å². The van der Waals surface area contributed by atoms with Crippen LogP contribution in [0.3, 0.4) is 0 Å². The predicted molar refractivity (Wildman–Crippen MR) is 67.2 cm³/mol. The molecule has 0 aliphatic rings. The second-order valence-corrected chi connectivity index (χ2v) is 4.80. The Balaban J connectivity index is 2.58. The number of benzene rings is 1. The molecule has 0 aliphatic heterocycles. The van der Waals surface area contributed by atoms with Crippen LogP contribution in [0.15, 0.2) is 22.1 Å². The lowest BCUT2D eigenvalue weighted by Gasteiger charge is -2.08. The molecule has 1 heterocycles. The highest BCUT2D eigenvalue weighted by Gasteiger charge is 2.20. The fourth-order valence-corrected chi connectivity index (χ4v) is 2.22. The van der Waals surface area contributed by atoms with E-state index in [1.54, 1.807) is 0 Å². The van der Waals surface area contributed by atoms with Gasteiger partial charge in [0.05, 0.1) is 5.75 Å². The second-order valence-electron chi connectivity index (χ2n) is 3.86. The maximum absolute atomic E-state index is 14.0. The number of halogens is 2. The summed E-state index contributed by atoms with van der Waals surface area (Å²) in [7, 11) is 0. The average Bonchev–Trinajstić information content (AvgIpc) is 2.74. The quantitative estimate of drug-likeness (QED) is 0.832. The Hall–Kier alpha value is -2.16. The summed E-state index contributed by atoms with van der Waals surface area (Å²) in [6.45, 7) is 1.42. The van der Waals surface area contributed by atoms with Crippen molar-refractivity contribution in [3.63, 3.8) is 0 Å². The molecule has 20 heavy (non-hydrogen) atoms. The van der Waals surface area contributed by atoms with Gasteiger partial charge in [-0.15, -0.1) is 5.10 Å². The molecule has 0 atom stereocenters. The molecule has 9 heteroatoms. The smallest absolute Gasteiger partial charge is 0.348 e. The van der Waals surface area contributed by atoms with Gasteiger partial charge in [-0.2, -0.15) is 0 Å². The van der Waals surface area contributed by atoms with Crippen molar-refractivity contribution in [3.8, 4) is 5.69 Å². The highest BCUT2D eigenvalue weighted by atomic mass is 32.2. The van der Waals surface area contributed by atoms with E-state index in [0.29, 0.717) is 16.3 Å². The number of nitrogens with one attached hydrogen (secondary N) is 1. The summed E-state index contributed by atoms with van der Waals surface area (Å²) in [5.74, 6) is -3.36. The third-order valence-electron chi connectivity index (χ3n) is 2.45. The first kappa shape index (κ1) is 14.3. The first-order valence-electron chi connectivity index (χ1n) is 5.38. The molecule has 0 saturated heterocycles. The topological polar surface area (TPSA) is 88.0 Å². The maximum Gasteiger partial charge on any atom is 0.348 e. The van der Waals surface area contributed by atoms with E-state index in [0.717, 1.165) is 6.07 Å². The van der Waals surface area contributed by atoms with E-state index in [4.69, 9.17) is 5.11 Å². The molecule has 2 rings (SSSR count). The molecule has 0 amide bonds. The number of carbonyl (C=O) groups is 1. The second kappa shape index (κ2) is 5.45. The largest absolute Gasteiger partial charge is 0.481 e. The number of rotatable bonds is 4. The van der Waals surface area contributed by atoms with Crippen LogP contribution in [0.5, 0.6) is 0 Å². The van der Waals surface area contributed by atoms with Crippen molar-refractivity contribution in [3.05, 3.63) is 39.8 Å². The molecule has 0 spiro atoms. The standard InChI is InChI=1S/C11H9F2N3O3S/c1-5-2-3-6(12)9(8(5)13)16-10(19)14-15-11(16)20-4-7(17)18/h2-3H,4H2,1H3,(H,14,19)(H,17,18). The van der Waals surface area contributed by atoms with Gasteiger partial charge in [0.15, 0.2) is 11.0 Å². The number of aryl methyl sites for hydroxylation is 1. The van der Waals surface area contributed by atoms with Crippen molar-refractivity contribution >= 4 is 17.7 Å². The fraction of sp³-hybridized carbons (Fsp3) is 0.182. The van der Waals surface area contributed by atoms with Gasteiger partial charge in [-0.25, -0.2) is 23.2 Å². The molecule has 2 N–H and O–H groups in total. The SMILES string of the molecule is Cc1ccc(F)c(-n2c(SCC(=O)O)n[nH]c2=O)c1F. The Bertz CT molecular complexity index is 726. The lowest BCUT2D eigenvalue weighted by atomic mass is 10.2. The number of nitrogens with zero attached hydrogens (tertiary/aromatic N) is 2. The summed E-state index contributed by atoms with van der Waals surface area (Å²) in [6.07, 6.45) is 0. The molecule has 0 saturated carbocycles. The molecule has 0 unspecified atom stereocenters. The molecule has 0 aliphatic carbocycles. The first-order chi connectivity index (χ1) is 9.41. The monoisotopic (exact) mass is 301 g/mol. The number of hydrogen-bond acceptors (Lipinski definition) is 4. The van der Waals surface area contributed by atoms with Crippen LogP contribution in [0.2, 0.25) is 0 Å². The lowest BCUT2D eigenvalue weighted by molar-refractivity contribution is -0.133. The van der Waals surface area contributed by atoms with Crippen molar-refractivity contribution in [2.45, 2.75) is 12.1 Å². The Kier molecular flexibility index (Phi) is 3.89. The van der Waals surface area contributed by atoms with Crippen molar-refractivity contribution < 1.29 is 18.7 Å². The van der Waals surface area contributed by atoms with Gasteiger partial charge < -0.3 is 5.11 Å². The van der Waals surface area contributed by atoms with Crippen molar-refractivity contribution in [1.82, 2.24) is 14.8 Å². The summed E-state index contributed by atoms with van der Waals surface area (Å²) in [5.41, 5.74) is -1.26. The molecule has 1 aromatic heterocycles. The Morgan fingerprint density at radius 1 is 1.50 bits per heavy atom. The first-order valence-corrected chi connectivity index (χ1v) is 6.37. The van der Waals surface area contributed by atoms with Gasteiger partial charge >= 0.3 is 11.7 Å². The molecule has 6 nitrogen and oxygen atoms in total. The molecule has 1 aromatic carbocycles. The van der Waals surface area contributed by atoms with Gasteiger partial charge in [0.2, 0.25) is 0 Å². The summed E-state index contributed by atoms with van der Waals surface area (Å²) in [4.78, 5) is 22.2. The average molecular weight is 301 g/mol. The maximum atomic E-state index is 14.0. The predicted octanol–water partition coefficient (Wildman–Crippen LogP) is 1.32. The summed E-state index contributed by atoms with van der Waals surface area (Å²) in [6, 6.07) is 2.27. The molecular formula is C11H9F2N3O3S. The zero-order valence-electron chi connectivity index (χ0n) is 10.2. The number of hydrogen-bond donors (Lipinski definition) is 2. The number of carboxylic acid groups (broad SMARTS) is 1. The highest BCUT2D eigenvalue weighted by Crippen LogP contribution is 2.23. The Morgan fingerprint density at radius 3 is 2.85 bits per heavy atom. The molecule has 0 bridgehead atoms. The molecule has 106 valence electrons. The van der Waals surface area contributed by atoms with Gasteiger partial charge in [-0.1, -0.05) is 17.8 Å². The van der Waals surface area contributed by atoms with Crippen LogP contribution in [0.1, 0.15) is 5.56 Å². The third-order valence-corrected chi connectivity index (χ3v) is 3.37. The van der Waals surface area contributed by atoms with Crippen molar-refractivity contribution in [2.75, 3.05) is 5.75 Å². The fourth-order valence-electron chi connectivity index (χ4n) is 1.55. The third kappa shape index (κ3) is 2.57. The number of thioether (sulfide) groups is 1. The summed E-state index contributed by atoms with van der Waals surface area (Å²) >= 11 is 0.682. The minimum Gasteiger partial charge on any atom is -0.481 e. The zero-order chi connectivity index (χ0) is 14.9. The number of H-pyrrole nitrogens is 1. The van der Waals surface area contributed by atoms with Crippen molar-refractivity contribution in [1.29, 1.82) is 0 Å². The van der Waals surface area contributed by atoms with E-state index in [1.165, 1.54) is 13.0 Å². The Morgan fingerprint density at radius 2 is 2.20 bits per heavy atom. The van der Waals surface area contributed by atoms with E-state index in [1.807, 2.05) is 5.10 Å². The molecule has 2 aromatic rings. The van der Waals surface area contributed by atoms with Gasteiger partial charge in [0.25, 0.3) is 0 Å². The summed E-state index contributed by atoms with van der Waals surface area (Å²) < 4.78 is 28.5. The minimum atomic E-state index is -1.14. The minimum absolute atomic E-state index is 0.124. The molecule has 0 fully saturated rings. The van der Waals surface area contributed by atoms with Crippen LogP contribution >= 0.6 is 11.8 Å².